The Labute approximate surface area is 331 Å². The molecule has 0 aromatic carbocycles. The lowest BCUT2D eigenvalue weighted by Gasteiger charge is -2.58. The van der Waals surface area contributed by atoms with Gasteiger partial charge in [0, 0.05) is 19.5 Å². The van der Waals surface area contributed by atoms with Gasteiger partial charge in [0.1, 0.15) is 17.5 Å². The lowest BCUT2D eigenvalue weighted by Crippen LogP contribution is -2.51. The SMILES string of the molecule is CC(C)CCCC(C)[C@H]1CC[C@H]2[C@@H]3CC=C4C[C@@H](OC(=O)CSSCC(=O)NCCCCCCCCNC(=O)OC(C)(C)C)CC[C@]4(C)[C@H]3CC[C@]12C. The summed E-state index contributed by atoms with van der Waals surface area (Å²) in [4.78, 5) is 36.8. The summed E-state index contributed by atoms with van der Waals surface area (Å²) in [5, 5.41) is 5.80. The first-order valence-electron chi connectivity index (χ1n) is 21.5. The van der Waals surface area contributed by atoms with Gasteiger partial charge in [0.05, 0.1) is 5.75 Å². The zero-order chi connectivity index (χ0) is 38.6. The molecule has 4 aliphatic carbocycles. The second-order valence-corrected chi connectivity index (χ2v) is 21.5. The van der Waals surface area contributed by atoms with Crippen LogP contribution in [0.3, 0.4) is 0 Å². The van der Waals surface area contributed by atoms with Crippen LogP contribution in [-0.2, 0) is 19.1 Å². The third-order valence-electron chi connectivity index (χ3n) is 13.6. The minimum absolute atomic E-state index is 0.0161. The second-order valence-electron chi connectivity index (χ2n) is 19.1. The molecule has 0 bridgehead atoms. The fourth-order valence-corrected chi connectivity index (χ4v) is 12.5. The van der Waals surface area contributed by atoms with Crippen molar-refractivity contribution in [2.75, 3.05) is 24.6 Å². The molecule has 0 saturated heterocycles. The molecule has 3 fully saturated rings. The van der Waals surface area contributed by atoms with Gasteiger partial charge >= 0.3 is 12.1 Å². The Balaban J connectivity index is 1.06. The summed E-state index contributed by atoms with van der Waals surface area (Å²) in [6, 6.07) is 0. The van der Waals surface area contributed by atoms with Crippen molar-refractivity contribution in [3.05, 3.63) is 11.6 Å². The summed E-state index contributed by atoms with van der Waals surface area (Å²) in [6.45, 7) is 19.4. The zero-order valence-corrected chi connectivity index (χ0v) is 36.5. The number of carbonyl (C=O) groups excluding carboxylic acids is 3. The van der Waals surface area contributed by atoms with E-state index in [1.54, 1.807) is 5.57 Å². The summed E-state index contributed by atoms with van der Waals surface area (Å²) in [5.74, 6) is 5.49. The standard InChI is InChI=1S/C44H76N2O5S2/c1-31(2)16-15-17-32(3)36-20-21-37-35-19-18-33-28-34(22-24-43(33,7)38(35)23-25-44(36,37)8)50-40(48)30-53-52-29-39(47)45-26-13-11-9-10-12-14-27-46-41(49)51-42(4,5)6/h18,31-32,34-38H,9-17,19-30H2,1-8H3,(H,45,47)(H,46,49)/t32?,34-,35-,36+,37-,38-,43-,44+/m0/s1. The van der Waals surface area contributed by atoms with Gasteiger partial charge in [0.15, 0.2) is 0 Å². The summed E-state index contributed by atoms with van der Waals surface area (Å²) in [5.41, 5.74) is 1.86. The van der Waals surface area contributed by atoms with Gasteiger partial charge in [0.2, 0.25) is 5.91 Å². The first kappa shape index (κ1) is 44.4. The molecular formula is C44H76N2O5S2. The van der Waals surface area contributed by atoms with Gasteiger partial charge in [-0.05, 0) is 125 Å². The van der Waals surface area contributed by atoms with E-state index >= 15 is 0 Å². The van der Waals surface area contributed by atoms with Gasteiger partial charge in [-0.1, -0.05) is 113 Å². The minimum atomic E-state index is -0.468. The lowest BCUT2D eigenvalue weighted by molar-refractivity contribution is -0.148. The molecule has 9 heteroatoms. The molecule has 8 atom stereocenters. The number of unbranched alkanes of at least 4 members (excludes halogenated alkanes) is 5. The molecule has 0 aromatic rings. The van der Waals surface area contributed by atoms with Gasteiger partial charge < -0.3 is 20.1 Å². The van der Waals surface area contributed by atoms with Crippen LogP contribution < -0.4 is 10.6 Å². The molecule has 1 unspecified atom stereocenters. The van der Waals surface area contributed by atoms with Crippen molar-refractivity contribution in [3.63, 3.8) is 0 Å². The number of allylic oxidation sites excluding steroid dienone is 1. The van der Waals surface area contributed by atoms with Crippen molar-refractivity contribution in [3.8, 4) is 0 Å². The summed E-state index contributed by atoms with van der Waals surface area (Å²) in [7, 11) is 2.86. The Morgan fingerprint density at radius 3 is 2.21 bits per heavy atom. The fourth-order valence-electron chi connectivity index (χ4n) is 10.9. The Hall–Kier alpha value is -1.35. The van der Waals surface area contributed by atoms with Crippen LogP contribution in [-0.4, -0.2) is 54.3 Å². The Morgan fingerprint density at radius 2 is 1.51 bits per heavy atom. The monoisotopic (exact) mass is 777 g/mol. The molecule has 0 aromatic heterocycles. The van der Waals surface area contributed by atoms with Crippen molar-refractivity contribution in [1.29, 1.82) is 0 Å². The van der Waals surface area contributed by atoms with Gasteiger partial charge in [-0.3, -0.25) is 9.59 Å². The van der Waals surface area contributed by atoms with E-state index in [-0.39, 0.29) is 35.2 Å². The Kier molecular flexibility index (Phi) is 17.3. The van der Waals surface area contributed by atoms with E-state index in [1.807, 2.05) is 20.8 Å². The van der Waals surface area contributed by atoms with Crippen LogP contribution in [0.15, 0.2) is 11.6 Å². The molecule has 4 aliphatic rings. The van der Waals surface area contributed by atoms with Crippen LogP contribution in [0.25, 0.3) is 0 Å². The number of hydrogen-bond acceptors (Lipinski definition) is 7. The Morgan fingerprint density at radius 1 is 0.830 bits per heavy atom. The first-order valence-corrected chi connectivity index (χ1v) is 24.0. The van der Waals surface area contributed by atoms with Gasteiger partial charge in [-0.15, -0.1) is 0 Å². The van der Waals surface area contributed by atoms with Crippen molar-refractivity contribution in [1.82, 2.24) is 10.6 Å². The van der Waals surface area contributed by atoms with E-state index in [2.05, 4.69) is 51.3 Å². The average molecular weight is 777 g/mol. The van der Waals surface area contributed by atoms with E-state index in [0.717, 1.165) is 93.3 Å². The molecule has 3 saturated carbocycles. The maximum Gasteiger partial charge on any atom is 0.407 e. The average Bonchev–Trinajstić information content (AvgIpc) is 3.44. The van der Waals surface area contributed by atoms with Crippen LogP contribution in [0.4, 0.5) is 4.79 Å². The number of fused-ring (bicyclic) bond motifs is 5. The predicted octanol–water partition coefficient (Wildman–Crippen LogP) is 11.3. The summed E-state index contributed by atoms with van der Waals surface area (Å²) >= 11 is 0. The van der Waals surface area contributed by atoms with Gasteiger partial charge in [-0.25, -0.2) is 4.79 Å². The van der Waals surface area contributed by atoms with Gasteiger partial charge in [0.25, 0.3) is 0 Å². The highest BCUT2D eigenvalue weighted by Gasteiger charge is 2.59. The third kappa shape index (κ3) is 13.1. The molecular weight excluding hydrogens is 701 g/mol. The molecule has 0 radical (unpaired) electrons. The largest absolute Gasteiger partial charge is 0.461 e. The van der Waals surface area contributed by atoms with Crippen molar-refractivity contribution in [2.24, 2.45) is 46.3 Å². The van der Waals surface area contributed by atoms with Crippen LogP contribution in [0.5, 0.6) is 0 Å². The topological polar surface area (TPSA) is 93.7 Å². The second kappa shape index (κ2) is 20.7. The highest BCUT2D eigenvalue weighted by atomic mass is 33.1. The van der Waals surface area contributed by atoms with Gasteiger partial charge in [-0.2, -0.15) is 0 Å². The number of esters is 1. The van der Waals surface area contributed by atoms with Crippen molar-refractivity contribution >= 4 is 39.6 Å². The highest BCUT2D eigenvalue weighted by molar-refractivity contribution is 8.77. The van der Waals surface area contributed by atoms with Crippen molar-refractivity contribution in [2.45, 2.75) is 176 Å². The molecule has 304 valence electrons. The minimum Gasteiger partial charge on any atom is -0.461 e. The van der Waals surface area contributed by atoms with E-state index in [0.29, 0.717) is 24.3 Å². The van der Waals surface area contributed by atoms with E-state index < -0.39 is 5.60 Å². The number of ether oxygens (including phenoxy) is 2. The van der Waals surface area contributed by atoms with E-state index in [9.17, 15) is 14.4 Å². The number of alkyl carbamates (subject to hydrolysis) is 1. The molecule has 0 aliphatic heterocycles. The molecule has 53 heavy (non-hydrogen) atoms. The van der Waals surface area contributed by atoms with Crippen LogP contribution >= 0.6 is 21.6 Å². The number of carbonyl (C=O) groups is 3. The number of nitrogens with one attached hydrogen (secondary N) is 2. The predicted molar refractivity (Wildman–Crippen MR) is 223 cm³/mol. The molecule has 7 nitrogen and oxygen atoms in total. The first-order chi connectivity index (χ1) is 25.1. The molecule has 2 N–H and O–H groups in total. The number of amides is 2. The highest BCUT2D eigenvalue weighted by Crippen LogP contribution is 2.67. The normalized spacial score (nSPS) is 30.1. The Bertz CT molecular complexity index is 1220. The molecule has 4 rings (SSSR count). The van der Waals surface area contributed by atoms with Crippen molar-refractivity contribution < 1.29 is 23.9 Å². The van der Waals surface area contributed by atoms with E-state index in [1.165, 1.54) is 73.0 Å². The molecule has 0 heterocycles. The fraction of sp³-hybridized carbons (Fsp3) is 0.886. The number of hydrogen-bond donors (Lipinski definition) is 2. The van der Waals surface area contributed by atoms with Crippen LogP contribution in [0.1, 0.15) is 165 Å². The summed E-state index contributed by atoms with van der Waals surface area (Å²) in [6.07, 6.45) is 22.5. The maximum absolute atomic E-state index is 12.8. The number of rotatable bonds is 20. The molecule has 2 amide bonds. The quantitative estimate of drug-likeness (QED) is 0.0550. The lowest BCUT2D eigenvalue weighted by atomic mass is 9.47. The van der Waals surface area contributed by atoms with Crippen LogP contribution in [0.2, 0.25) is 0 Å². The summed E-state index contributed by atoms with van der Waals surface area (Å²) < 4.78 is 11.3. The zero-order valence-electron chi connectivity index (χ0n) is 34.8. The van der Waals surface area contributed by atoms with Crippen LogP contribution in [0, 0.1) is 46.3 Å². The third-order valence-corrected chi connectivity index (χ3v) is 15.7. The smallest absolute Gasteiger partial charge is 0.407 e. The van der Waals surface area contributed by atoms with E-state index in [4.69, 9.17) is 9.47 Å². The molecule has 0 spiro atoms. The maximum atomic E-state index is 12.8.